The lowest BCUT2D eigenvalue weighted by atomic mass is 10.2. The number of methoxy groups -OCH3 is 1. The molecular weight excluding hydrogens is 311 g/mol. The van der Waals surface area contributed by atoms with E-state index in [0.717, 1.165) is 0 Å². The van der Waals surface area contributed by atoms with Crippen LogP contribution in [0.5, 0.6) is 0 Å². The minimum absolute atomic E-state index is 0.111. The molecule has 17 heavy (non-hydrogen) atoms. The van der Waals surface area contributed by atoms with E-state index in [9.17, 15) is 4.79 Å². The van der Waals surface area contributed by atoms with Gasteiger partial charge in [0.2, 0.25) is 0 Å². The average Bonchev–Trinajstić information content (AvgIpc) is 2.31. The van der Waals surface area contributed by atoms with Crippen molar-refractivity contribution in [3.63, 3.8) is 0 Å². The third-order valence-corrected chi connectivity index (χ3v) is 2.71. The molecule has 0 aliphatic rings. The summed E-state index contributed by atoms with van der Waals surface area (Å²) in [6.45, 7) is 0.0138. The molecular formula is C10H12BrClN2O3. The van der Waals surface area contributed by atoms with E-state index in [-0.39, 0.29) is 23.9 Å². The Bertz CT molecular complexity index is 403. The highest BCUT2D eigenvalue weighted by atomic mass is 79.9. The summed E-state index contributed by atoms with van der Waals surface area (Å²) in [6, 6.07) is 1.09. The molecule has 1 rings (SSSR count). The monoisotopic (exact) mass is 322 g/mol. The van der Waals surface area contributed by atoms with Gasteiger partial charge in [0.05, 0.1) is 24.8 Å². The summed E-state index contributed by atoms with van der Waals surface area (Å²) in [6.07, 6.45) is 1.50. The van der Waals surface area contributed by atoms with E-state index in [1.807, 2.05) is 0 Å². The number of nitrogens with zero attached hydrogens (tertiary/aromatic N) is 1. The molecule has 5 nitrogen and oxygen atoms in total. The van der Waals surface area contributed by atoms with Crippen LogP contribution in [0, 0.1) is 0 Å². The molecule has 2 N–H and O–H groups in total. The minimum Gasteiger partial charge on any atom is -0.394 e. The minimum atomic E-state index is -0.470. The maximum absolute atomic E-state index is 11.8. The Hall–Kier alpha value is -0.690. The molecule has 0 fully saturated rings. The van der Waals surface area contributed by atoms with E-state index in [2.05, 4.69) is 26.2 Å². The predicted octanol–water partition coefficient (Wildman–Crippen LogP) is 1.23. The summed E-state index contributed by atoms with van der Waals surface area (Å²) in [5.74, 6) is -0.403. The fraction of sp³-hybridized carbons (Fsp3) is 0.400. The molecule has 0 spiro atoms. The largest absolute Gasteiger partial charge is 0.394 e. The summed E-state index contributed by atoms with van der Waals surface area (Å²) < 4.78 is 5.51. The van der Waals surface area contributed by atoms with Gasteiger partial charge < -0.3 is 15.2 Å². The second-order valence-corrected chi connectivity index (χ2v) is 4.57. The molecule has 1 atom stereocenters. The number of amides is 1. The molecule has 1 aromatic rings. The first-order chi connectivity index (χ1) is 8.08. The molecule has 1 amide bonds. The van der Waals surface area contributed by atoms with Crippen LogP contribution in [0.4, 0.5) is 0 Å². The van der Waals surface area contributed by atoms with Gasteiger partial charge in [-0.1, -0.05) is 11.6 Å². The zero-order chi connectivity index (χ0) is 12.8. The van der Waals surface area contributed by atoms with Gasteiger partial charge in [-0.15, -0.1) is 0 Å². The van der Waals surface area contributed by atoms with Gasteiger partial charge in [-0.05, 0) is 22.0 Å². The van der Waals surface area contributed by atoms with E-state index >= 15 is 0 Å². The van der Waals surface area contributed by atoms with Gasteiger partial charge in [0.15, 0.2) is 0 Å². The second kappa shape index (κ2) is 6.90. The van der Waals surface area contributed by atoms with Gasteiger partial charge in [-0.2, -0.15) is 0 Å². The van der Waals surface area contributed by atoms with E-state index in [0.29, 0.717) is 4.47 Å². The molecule has 0 saturated heterocycles. The number of aliphatic hydroxyl groups excluding tert-OH is 1. The lowest BCUT2D eigenvalue weighted by Gasteiger charge is -2.15. The van der Waals surface area contributed by atoms with Crippen molar-refractivity contribution in [3.05, 3.63) is 27.5 Å². The summed E-state index contributed by atoms with van der Waals surface area (Å²) >= 11 is 9.01. The quantitative estimate of drug-likeness (QED) is 0.800. The molecule has 0 aromatic carbocycles. The normalized spacial score (nSPS) is 12.2. The number of aromatic nitrogens is 1. The molecule has 0 aliphatic carbocycles. The Morgan fingerprint density at radius 3 is 3.06 bits per heavy atom. The molecule has 7 heteroatoms. The first-order valence-corrected chi connectivity index (χ1v) is 5.97. The number of carbonyl (C=O) groups excluding carboxylic acids is 1. The molecule has 94 valence electrons. The Balaban J connectivity index is 2.78. The van der Waals surface area contributed by atoms with Crippen molar-refractivity contribution in [2.45, 2.75) is 6.04 Å². The molecule has 1 heterocycles. The lowest BCUT2D eigenvalue weighted by Crippen LogP contribution is -2.40. The molecule has 0 radical (unpaired) electrons. The Morgan fingerprint density at radius 1 is 1.76 bits per heavy atom. The fourth-order valence-corrected chi connectivity index (χ4v) is 1.71. The lowest BCUT2D eigenvalue weighted by molar-refractivity contribution is 0.0839. The maximum atomic E-state index is 11.8. The van der Waals surface area contributed by atoms with Crippen LogP contribution >= 0.6 is 27.5 Å². The topological polar surface area (TPSA) is 71.5 Å². The number of carbonyl (C=O) groups is 1. The van der Waals surface area contributed by atoms with Gasteiger partial charge in [0.25, 0.3) is 5.91 Å². The summed E-state index contributed by atoms with van der Waals surface area (Å²) in [7, 11) is 1.49. The highest BCUT2D eigenvalue weighted by molar-refractivity contribution is 9.10. The van der Waals surface area contributed by atoms with E-state index < -0.39 is 11.9 Å². The number of nitrogens with one attached hydrogen (secondary N) is 1. The highest BCUT2D eigenvalue weighted by Gasteiger charge is 2.16. The molecule has 1 aromatic heterocycles. The van der Waals surface area contributed by atoms with Crippen molar-refractivity contribution in [2.24, 2.45) is 0 Å². The van der Waals surface area contributed by atoms with Crippen LogP contribution in [-0.4, -0.2) is 42.4 Å². The highest BCUT2D eigenvalue weighted by Crippen LogP contribution is 2.17. The standard InChI is InChI=1S/C10H12BrClN2O3/c1-17-5-7(4-15)14-10(16)8-2-6(11)3-13-9(8)12/h2-3,7,15H,4-5H2,1H3,(H,14,16). The van der Waals surface area contributed by atoms with Crippen molar-refractivity contribution in [2.75, 3.05) is 20.3 Å². The van der Waals surface area contributed by atoms with Crippen LogP contribution in [0.2, 0.25) is 5.15 Å². The van der Waals surface area contributed by atoms with Crippen LogP contribution < -0.4 is 5.32 Å². The first kappa shape index (κ1) is 14.4. The predicted molar refractivity (Wildman–Crippen MR) is 67.2 cm³/mol. The van der Waals surface area contributed by atoms with Crippen molar-refractivity contribution >= 4 is 33.4 Å². The van der Waals surface area contributed by atoms with Crippen molar-refractivity contribution in [3.8, 4) is 0 Å². The summed E-state index contributed by atoms with van der Waals surface area (Å²) in [5, 5.41) is 11.7. The average molecular weight is 324 g/mol. The van der Waals surface area contributed by atoms with Gasteiger partial charge >= 0.3 is 0 Å². The maximum Gasteiger partial charge on any atom is 0.254 e. The van der Waals surface area contributed by atoms with E-state index in [1.54, 1.807) is 6.07 Å². The van der Waals surface area contributed by atoms with Crippen molar-refractivity contribution in [1.82, 2.24) is 10.3 Å². The van der Waals surface area contributed by atoms with Crippen LogP contribution in [0.25, 0.3) is 0 Å². The molecule has 0 bridgehead atoms. The van der Waals surface area contributed by atoms with Crippen LogP contribution in [0.15, 0.2) is 16.7 Å². The first-order valence-electron chi connectivity index (χ1n) is 4.80. The number of halogens is 2. The number of aliphatic hydroxyl groups is 1. The number of ether oxygens (including phenoxy) is 1. The Labute approximate surface area is 112 Å². The van der Waals surface area contributed by atoms with Gasteiger partial charge in [-0.3, -0.25) is 4.79 Å². The smallest absolute Gasteiger partial charge is 0.254 e. The number of rotatable bonds is 5. The zero-order valence-electron chi connectivity index (χ0n) is 9.11. The van der Waals surface area contributed by atoms with Crippen molar-refractivity contribution < 1.29 is 14.6 Å². The SMILES string of the molecule is COCC(CO)NC(=O)c1cc(Br)cnc1Cl. The second-order valence-electron chi connectivity index (χ2n) is 3.30. The molecule has 0 aliphatic heterocycles. The van der Waals surface area contributed by atoms with Gasteiger partial charge in [0, 0.05) is 17.8 Å². The number of hydrogen-bond donors (Lipinski definition) is 2. The third kappa shape index (κ3) is 4.23. The van der Waals surface area contributed by atoms with E-state index in [1.165, 1.54) is 13.3 Å². The Morgan fingerprint density at radius 2 is 2.47 bits per heavy atom. The number of hydrogen-bond acceptors (Lipinski definition) is 4. The molecule has 1 unspecified atom stereocenters. The number of pyridine rings is 1. The zero-order valence-corrected chi connectivity index (χ0v) is 11.5. The van der Waals surface area contributed by atoms with Gasteiger partial charge in [0.1, 0.15) is 5.15 Å². The van der Waals surface area contributed by atoms with Crippen LogP contribution in [0.3, 0.4) is 0 Å². The Kier molecular flexibility index (Phi) is 5.84. The van der Waals surface area contributed by atoms with Crippen LogP contribution in [-0.2, 0) is 4.74 Å². The van der Waals surface area contributed by atoms with E-state index in [4.69, 9.17) is 21.4 Å². The summed E-state index contributed by atoms with van der Waals surface area (Å²) in [5.41, 5.74) is 0.246. The fourth-order valence-electron chi connectivity index (χ4n) is 1.19. The van der Waals surface area contributed by atoms with Gasteiger partial charge in [-0.25, -0.2) is 4.98 Å². The third-order valence-electron chi connectivity index (χ3n) is 1.97. The van der Waals surface area contributed by atoms with Crippen molar-refractivity contribution in [1.29, 1.82) is 0 Å². The molecule has 0 saturated carbocycles. The van der Waals surface area contributed by atoms with Crippen LogP contribution in [0.1, 0.15) is 10.4 Å². The summed E-state index contributed by atoms with van der Waals surface area (Å²) in [4.78, 5) is 15.7.